The van der Waals surface area contributed by atoms with Crippen molar-refractivity contribution in [3.05, 3.63) is 44.6 Å². The summed E-state index contributed by atoms with van der Waals surface area (Å²) in [6.07, 6.45) is 0. The molecule has 0 fully saturated rings. The van der Waals surface area contributed by atoms with Gasteiger partial charge in [-0.25, -0.2) is 4.98 Å². The first-order valence-electron chi connectivity index (χ1n) is 5.29. The van der Waals surface area contributed by atoms with Crippen LogP contribution in [0.25, 0.3) is 0 Å². The van der Waals surface area contributed by atoms with Crippen LogP contribution in [-0.2, 0) is 6.54 Å². The third kappa shape index (κ3) is 2.95. The second-order valence-corrected chi connectivity index (χ2v) is 4.36. The lowest BCUT2D eigenvalue weighted by Crippen LogP contribution is -2.24. The standard InChI is InChI=1S/C11H12N4O2S/c1-12-9-4-2-3-8(15-9)10(16)13-5-7-6-18-11(17)14-7/h2-4,6H,5H2,1H3,(H,12,15)(H,13,16)(H,14,17). The number of aromatic nitrogens is 2. The Bertz CT molecular complexity index is 605. The van der Waals surface area contributed by atoms with E-state index >= 15 is 0 Å². The van der Waals surface area contributed by atoms with E-state index in [9.17, 15) is 9.59 Å². The first-order valence-corrected chi connectivity index (χ1v) is 6.16. The number of carbonyl (C=O) groups is 1. The van der Waals surface area contributed by atoms with Gasteiger partial charge in [0.1, 0.15) is 11.5 Å². The van der Waals surface area contributed by atoms with Gasteiger partial charge >= 0.3 is 4.87 Å². The predicted molar refractivity (Wildman–Crippen MR) is 69.9 cm³/mol. The number of nitrogens with zero attached hydrogens (tertiary/aromatic N) is 1. The molecule has 0 saturated carbocycles. The third-order valence-corrected chi connectivity index (χ3v) is 2.97. The zero-order chi connectivity index (χ0) is 13.0. The summed E-state index contributed by atoms with van der Waals surface area (Å²) >= 11 is 1.07. The number of thiazole rings is 1. The number of amides is 1. The van der Waals surface area contributed by atoms with Gasteiger partial charge in [-0.15, -0.1) is 0 Å². The van der Waals surface area contributed by atoms with Crippen LogP contribution in [0, 0.1) is 0 Å². The molecule has 1 amide bonds. The van der Waals surface area contributed by atoms with E-state index in [0.717, 1.165) is 11.3 Å². The summed E-state index contributed by atoms with van der Waals surface area (Å²) in [4.78, 5) is 29.3. The van der Waals surface area contributed by atoms with Gasteiger partial charge in [0.15, 0.2) is 0 Å². The summed E-state index contributed by atoms with van der Waals surface area (Å²) in [6.45, 7) is 0.281. The number of nitrogens with one attached hydrogen (secondary N) is 3. The second kappa shape index (κ2) is 5.46. The molecule has 2 aromatic rings. The highest BCUT2D eigenvalue weighted by Crippen LogP contribution is 2.04. The lowest BCUT2D eigenvalue weighted by molar-refractivity contribution is 0.0945. The van der Waals surface area contributed by atoms with E-state index in [0.29, 0.717) is 17.2 Å². The molecule has 18 heavy (non-hydrogen) atoms. The van der Waals surface area contributed by atoms with Gasteiger partial charge in [0.05, 0.1) is 6.54 Å². The summed E-state index contributed by atoms with van der Waals surface area (Å²) in [5.74, 6) is 0.353. The monoisotopic (exact) mass is 264 g/mol. The second-order valence-electron chi connectivity index (χ2n) is 3.51. The maximum absolute atomic E-state index is 11.8. The molecule has 0 atom stereocenters. The molecule has 6 nitrogen and oxygen atoms in total. The van der Waals surface area contributed by atoms with Crippen LogP contribution in [-0.4, -0.2) is 22.9 Å². The average Bonchev–Trinajstić information content (AvgIpc) is 2.82. The van der Waals surface area contributed by atoms with Crippen molar-refractivity contribution in [2.45, 2.75) is 6.54 Å². The molecule has 0 spiro atoms. The third-order valence-electron chi connectivity index (χ3n) is 2.25. The first kappa shape index (κ1) is 12.3. The van der Waals surface area contributed by atoms with Crippen molar-refractivity contribution in [3.63, 3.8) is 0 Å². The molecule has 7 heteroatoms. The van der Waals surface area contributed by atoms with Crippen molar-refractivity contribution in [1.29, 1.82) is 0 Å². The Hall–Kier alpha value is -2.15. The van der Waals surface area contributed by atoms with Gasteiger partial charge in [0.2, 0.25) is 0 Å². The van der Waals surface area contributed by atoms with Crippen LogP contribution < -0.4 is 15.5 Å². The number of rotatable bonds is 4. The topological polar surface area (TPSA) is 86.9 Å². The van der Waals surface area contributed by atoms with Crippen LogP contribution in [0.1, 0.15) is 16.2 Å². The first-order chi connectivity index (χ1) is 8.69. The van der Waals surface area contributed by atoms with E-state index in [2.05, 4.69) is 20.6 Å². The quantitative estimate of drug-likeness (QED) is 0.762. The van der Waals surface area contributed by atoms with Gasteiger partial charge in [-0.2, -0.15) is 0 Å². The minimum atomic E-state index is -0.279. The van der Waals surface area contributed by atoms with Crippen LogP contribution >= 0.6 is 11.3 Å². The van der Waals surface area contributed by atoms with Crippen molar-refractivity contribution >= 4 is 23.1 Å². The van der Waals surface area contributed by atoms with Gasteiger partial charge < -0.3 is 15.6 Å². The van der Waals surface area contributed by atoms with Gasteiger partial charge in [0.25, 0.3) is 5.91 Å². The van der Waals surface area contributed by atoms with Gasteiger partial charge in [-0.1, -0.05) is 17.4 Å². The molecule has 0 aliphatic carbocycles. The molecule has 0 saturated heterocycles. The smallest absolute Gasteiger partial charge is 0.304 e. The molecule has 94 valence electrons. The molecule has 0 radical (unpaired) electrons. The molecule has 2 rings (SSSR count). The number of aromatic amines is 1. The average molecular weight is 264 g/mol. The molecular weight excluding hydrogens is 252 g/mol. The number of pyridine rings is 1. The normalized spacial score (nSPS) is 10.1. The minimum absolute atomic E-state index is 0.130. The van der Waals surface area contributed by atoms with Crippen LogP contribution in [0.4, 0.5) is 5.82 Å². The van der Waals surface area contributed by atoms with E-state index in [1.54, 1.807) is 30.6 Å². The molecule has 0 bridgehead atoms. The number of hydrogen-bond donors (Lipinski definition) is 3. The van der Waals surface area contributed by atoms with E-state index in [-0.39, 0.29) is 17.3 Å². The van der Waals surface area contributed by atoms with Crippen LogP contribution in [0.15, 0.2) is 28.4 Å². The molecule has 0 unspecified atom stereocenters. The number of carbonyl (C=O) groups excluding carboxylic acids is 1. The van der Waals surface area contributed by atoms with Gasteiger partial charge in [-0.05, 0) is 12.1 Å². The van der Waals surface area contributed by atoms with Gasteiger partial charge in [-0.3, -0.25) is 9.59 Å². The maximum Gasteiger partial charge on any atom is 0.304 e. The lowest BCUT2D eigenvalue weighted by Gasteiger charge is -2.04. The number of hydrogen-bond acceptors (Lipinski definition) is 5. The van der Waals surface area contributed by atoms with E-state index < -0.39 is 0 Å². The van der Waals surface area contributed by atoms with E-state index in [1.165, 1.54) is 0 Å². The maximum atomic E-state index is 11.8. The molecule has 2 aromatic heterocycles. The van der Waals surface area contributed by atoms with Crippen LogP contribution in [0.3, 0.4) is 0 Å². The number of H-pyrrole nitrogens is 1. The Morgan fingerprint density at radius 3 is 3.00 bits per heavy atom. The summed E-state index contributed by atoms with van der Waals surface area (Å²) in [5, 5.41) is 7.23. The van der Waals surface area contributed by atoms with Crippen LogP contribution in [0.2, 0.25) is 0 Å². The Morgan fingerprint density at radius 2 is 2.33 bits per heavy atom. The molecule has 3 N–H and O–H groups in total. The number of anilines is 1. The summed E-state index contributed by atoms with van der Waals surface area (Å²) in [7, 11) is 1.74. The zero-order valence-corrected chi connectivity index (χ0v) is 10.5. The summed E-state index contributed by atoms with van der Waals surface area (Å²) in [5.41, 5.74) is 1.02. The Labute approximate surface area is 107 Å². The molecule has 0 aliphatic heterocycles. The van der Waals surface area contributed by atoms with E-state index in [1.807, 2.05) is 0 Å². The molecule has 0 aliphatic rings. The van der Waals surface area contributed by atoms with Gasteiger partial charge in [0, 0.05) is 18.1 Å². The summed E-state index contributed by atoms with van der Waals surface area (Å²) in [6, 6.07) is 5.15. The van der Waals surface area contributed by atoms with Crippen molar-refractivity contribution in [2.24, 2.45) is 0 Å². The largest absolute Gasteiger partial charge is 0.373 e. The lowest BCUT2D eigenvalue weighted by atomic mass is 10.3. The SMILES string of the molecule is CNc1cccc(C(=O)NCc2csc(=O)[nH]2)n1. The Kier molecular flexibility index (Phi) is 3.73. The highest BCUT2D eigenvalue weighted by molar-refractivity contribution is 7.07. The minimum Gasteiger partial charge on any atom is -0.373 e. The van der Waals surface area contributed by atoms with E-state index in [4.69, 9.17) is 0 Å². The van der Waals surface area contributed by atoms with Crippen LogP contribution in [0.5, 0.6) is 0 Å². The fourth-order valence-corrected chi connectivity index (χ4v) is 1.95. The zero-order valence-electron chi connectivity index (χ0n) is 9.69. The Morgan fingerprint density at radius 1 is 1.50 bits per heavy atom. The fraction of sp³-hybridized carbons (Fsp3) is 0.182. The van der Waals surface area contributed by atoms with Crippen molar-refractivity contribution in [2.75, 3.05) is 12.4 Å². The molecule has 0 aromatic carbocycles. The van der Waals surface area contributed by atoms with Crippen molar-refractivity contribution in [1.82, 2.24) is 15.3 Å². The fourth-order valence-electron chi connectivity index (χ4n) is 1.37. The predicted octanol–water partition coefficient (Wildman–Crippen LogP) is 0.803. The highest BCUT2D eigenvalue weighted by atomic mass is 32.1. The Balaban J connectivity index is 2.01. The molecular formula is C11H12N4O2S. The van der Waals surface area contributed by atoms with Crippen molar-refractivity contribution < 1.29 is 4.79 Å². The summed E-state index contributed by atoms with van der Waals surface area (Å²) < 4.78 is 0. The van der Waals surface area contributed by atoms with Crippen molar-refractivity contribution in [3.8, 4) is 0 Å². The highest BCUT2D eigenvalue weighted by Gasteiger charge is 2.07. The molecule has 2 heterocycles.